The average molecular weight is 363 g/mol. The Labute approximate surface area is 145 Å². The lowest BCUT2D eigenvalue weighted by Gasteiger charge is -2.30. The first kappa shape index (κ1) is 17.5. The minimum atomic E-state index is -3.89. The molecule has 0 atom stereocenters. The highest BCUT2D eigenvalue weighted by molar-refractivity contribution is 7.89. The van der Waals surface area contributed by atoms with Gasteiger partial charge < -0.3 is 5.32 Å². The summed E-state index contributed by atoms with van der Waals surface area (Å²) in [6.45, 7) is 0.355. The standard InChI is InChI=1S/C17H18FN3O3S/c18-14-5-1-2-6-15(14)25(23,24)21-11-8-13(9-12-21)17(22)20-16-7-3-4-10-19-16/h1-7,10,13H,8-9,11-12H2,(H,19,20,22). The summed E-state index contributed by atoms with van der Waals surface area (Å²) in [7, 11) is -3.89. The van der Waals surface area contributed by atoms with E-state index in [0.29, 0.717) is 18.7 Å². The van der Waals surface area contributed by atoms with Gasteiger partial charge in [0, 0.05) is 25.2 Å². The summed E-state index contributed by atoms with van der Waals surface area (Å²) in [6.07, 6.45) is 2.35. The molecule has 1 aromatic carbocycles. The van der Waals surface area contributed by atoms with E-state index in [2.05, 4.69) is 10.3 Å². The topological polar surface area (TPSA) is 79.4 Å². The summed E-state index contributed by atoms with van der Waals surface area (Å²) in [5, 5.41) is 2.73. The minimum absolute atomic E-state index is 0.178. The van der Waals surface area contributed by atoms with E-state index in [-0.39, 0.29) is 29.8 Å². The van der Waals surface area contributed by atoms with E-state index in [0.717, 1.165) is 6.07 Å². The number of benzene rings is 1. The molecule has 132 valence electrons. The number of amides is 1. The van der Waals surface area contributed by atoms with Gasteiger partial charge in [-0.2, -0.15) is 4.31 Å². The summed E-state index contributed by atoms with van der Waals surface area (Å²) in [4.78, 5) is 16.0. The molecule has 1 fully saturated rings. The van der Waals surface area contributed by atoms with Crippen molar-refractivity contribution in [3.63, 3.8) is 0 Å². The number of hydrogen-bond acceptors (Lipinski definition) is 4. The van der Waals surface area contributed by atoms with Crippen LogP contribution in [-0.4, -0.2) is 36.7 Å². The number of sulfonamides is 1. The zero-order chi connectivity index (χ0) is 17.9. The van der Waals surface area contributed by atoms with Crippen molar-refractivity contribution in [1.82, 2.24) is 9.29 Å². The number of halogens is 1. The van der Waals surface area contributed by atoms with Crippen molar-refractivity contribution in [1.29, 1.82) is 0 Å². The molecule has 1 saturated heterocycles. The van der Waals surface area contributed by atoms with Crippen molar-refractivity contribution in [3.8, 4) is 0 Å². The van der Waals surface area contributed by atoms with E-state index in [1.807, 2.05) is 0 Å². The molecule has 2 aromatic rings. The first-order valence-electron chi connectivity index (χ1n) is 7.95. The highest BCUT2D eigenvalue weighted by Crippen LogP contribution is 2.25. The number of hydrogen-bond donors (Lipinski definition) is 1. The summed E-state index contributed by atoms with van der Waals surface area (Å²) in [5.74, 6) is -0.776. The van der Waals surface area contributed by atoms with E-state index < -0.39 is 15.8 Å². The van der Waals surface area contributed by atoms with E-state index in [1.54, 1.807) is 24.4 Å². The second-order valence-corrected chi connectivity index (χ2v) is 7.72. The summed E-state index contributed by atoms with van der Waals surface area (Å²) >= 11 is 0. The van der Waals surface area contributed by atoms with Crippen LogP contribution in [0.1, 0.15) is 12.8 Å². The highest BCUT2D eigenvalue weighted by Gasteiger charge is 2.33. The Kier molecular flexibility index (Phi) is 5.10. The molecule has 1 aromatic heterocycles. The first-order valence-corrected chi connectivity index (χ1v) is 9.39. The summed E-state index contributed by atoms with van der Waals surface area (Å²) in [5.41, 5.74) is 0. The van der Waals surface area contributed by atoms with Gasteiger partial charge in [-0.05, 0) is 37.1 Å². The number of rotatable bonds is 4. The van der Waals surface area contributed by atoms with Gasteiger partial charge in [0.05, 0.1) is 0 Å². The smallest absolute Gasteiger partial charge is 0.245 e. The van der Waals surface area contributed by atoms with Crippen LogP contribution in [0.2, 0.25) is 0 Å². The molecule has 25 heavy (non-hydrogen) atoms. The number of piperidine rings is 1. The molecule has 3 rings (SSSR count). The lowest BCUT2D eigenvalue weighted by atomic mass is 9.97. The van der Waals surface area contributed by atoms with Gasteiger partial charge in [0.15, 0.2) is 0 Å². The van der Waals surface area contributed by atoms with Crippen molar-refractivity contribution in [2.75, 3.05) is 18.4 Å². The van der Waals surface area contributed by atoms with Gasteiger partial charge in [-0.3, -0.25) is 4.79 Å². The van der Waals surface area contributed by atoms with Crippen LogP contribution < -0.4 is 5.32 Å². The SMILES string of the molecule is O=C(Nc1ccccn1)C1CCN(S(=O)(=O)c2ccccc2F)CC1. The van der Waals surface area contributed by atoms with Crippen LogP contribution in [0, 0.1) is 11.7 Å². The number of carbonyl (C=O) groups excluding carboxylic acids is 1. The lowest BCUT2D eigenvalue weighted by Crippen LogP contribution is -2.41. The predicted octanol–water partition coefficient (Wildman–Crippen LogP) is 2.26. The molecule has 0 bridgehead atoms. The molecule has 0 radical (unpaired) electrons. The largest absolute Gasteiger partial charge is 0.310 e. The van der Waals surface area contributed by atoms with Crippen LogP contribution in [0.4, 0.5) is 10.2 Å². The Morgan fingerprint density at radius 2 is 1.80 bits per heavy atom. The molecule has 8 heteroatoms. The van der Waals surface area contributed by atoms with Gasteiger partial charge in [-0.15, -0.1) is 0 Å². The van der Waals surface area contributed by atoms with Gasteiger partial charge in [0.25, 0.3) is 0 Å². The zero-order valence-electron chi connectivity index (χ0n) is 13.4. The molecule has 0 unspecified atom stereocenters. The molecule has 6 nitrogen and oxygen atoms in total. The number of nitrogens with one attached hydrogen (secondary N) is 1. The van der Waals surface area contributed by atoms with E-state index >= 15 is 0 Å². The van der Waals surface area contributed by atoms with Gasteiger partial charge >= 0.3 is 0 Å². The minimum Gasteiger partial charge on any atom is -0.310 e. The fourth-order valence-corrected chi connectivity index (χ4v) is 4.35. The molecule has 1 aliphatic heterocycles. The molecule has 1 amide bonds. The molecule has 1 N–H and O–H groups in total. The number of nitrogens with zero attached hydrogens (tertiary/aromatic N) is 2. The number of pyridine rings is 1. The molecule has 2 heterocycles. The molecule has 0 saturated carbocycles. The fourth-order valence-electron chi connectivity index (χ4n) is 2.82. The van der Waals surface area contributed by atoms with Gasteiger partial charge in [-0.25, -0.2) is 17.8 Å². The second-order valence-electron chi connectivity index (χ2n) is 5.81. The first-order chi connectivity index (χ1) is 12.0. The number of anilines is 1. The van der Waals surface area contributed by atoms with Crippen LogP contribution in [0.3, 0.4) is 0 Å². The normalized spacial score (nSPS) is 16.5. The maximum atomic E-state index is 13.8. The number of carbonyl (C=O) groups is 1. The van der Waals surface area contributed by atoms with Crippen molar-refractivity contribution in [3.05, 3.63) is 54.5 Å². The Morgan fingerprint density at radius 3 is 2.44 bits per heavy atom. The lowest BCUT2D eigenvalue weighted by molar-refractivity contribution is -0.120. The van der Waals surface area contributed by atoms with Gasteiger partial charge in [-0.1, -0.05) is 18.2 Å². The summed E-state index contributed by atoms with van der Waals surface area (Å²) in [6, 6.07) is 10.5. The molecule has 1 aliphatic rings. The van der Waals surface area contributed by atoms with E-state index in [4.69, 9.17) is 0 Å². The maximum Gasteiger partial charge on any atom is 0.245 e. The van der Waals surface area contributed by atoms with Crippen LogP contribution >= 0.6 is 0 Å². The molecular formula is C17H18FN3O3S. The third-order valence-electron chi connectivity index (χ3n) is 4.20. The van der Waals surface area contributed by atoms with Gasteiger partial charge in [0.2, 0.25) is 15.9 Å². The van der Waals surface area contributed by atoms with Crippen molar-refractivity contribution in [2.24, 2.45) is 5.92 Å². The Hall–Kier alpha value is -2.32. The maximum absolute atomic E-state index is 13.8. The molecule has 0 aliphatic carbocycles. The molecule has 0 spiro atoms. The fraction of sp³-hybridized carbons (Fsp3) is 0.294. The van der Waals surface area contributed by atoms with E-state index in [1.165, 1.54) is 22.5 Å². The number of aromatic nitrogens is 1. The quantitative estimate of drug-likeness (QED) is 0.904. The van der Waals surface area contributed by atoms with Crippen LogP contribution in [0.5, 0.6) is 0 Å². The average Bonchev–Trinajstić information content (AvgIpc) is 2.63. The Bertz CT molecular complexity index is 850. The van der Waals surface area contributed by atoms with Crippen molar-refractivity contribution >= 4 is 21.7 Å². The van der Waals surface area contributed by atoms with Crippen LogP contribution in [-0.2, 0) is 14.8 Å². The highest BCUT2D eigenvalue weighted by atomic mass is 32.2. The van der Waals surface area contributed by atoms with Crippen LogP contribution in [0.25, 0.3) is 0 Å². The van der Waals surface area contributed by atoms with Crippen molar-refractivity contribution < 1.29 is 17.6 Å². The third-order valence-corrected chi connectivity index (χ3v) is 6.13. The monoisotopic (exact) mass is 363 g/mol. The Morgan fingerprint density at radius 1 is 1.12 bits per heavy atom. The van der Waals surface area contributed by atoms with Crippen LogP contribution in [0.15, 0.2) is 53.6 Å². The predicted molar refractivity (Wildman–Crippen MR) is 90.7 cm³/mol. The second kappa shape index (κ2) is 7.28. The third kappa shape index (κ3) is 3.85. The van der Waals surface area contributed by atoms with Crippen molar-refractivity contribution in [2.45, 2.75) is 17.7 Å². The molecular weight excluding hydrogens is 345 g/mol. The summed E-state index contributed by atoms with van der Waals surface area (Å²) < 4.78 is 40.1. The zero-order valence-corrected chi connectivity index (χ0v) is 14.2. The Balaban J connectivity index is 1.64. The van der Waals surface area contributed by atoms with E-state index in [9.17, 15) is 17.6 Å². The van der Waals surface area contributed by atoms with Gasteiger partial charge in [0.1, 0.15) is 16.5 Å².